The first-order valence-electron chi connectivity index (χ1n) is 13.1. The third kappa shape index (κ3) is 6.84. The predicted octanol–water partition coefficient (Wildman–Crippen LogP) is 1.68. The number of likely N-dealkylation sites (N-methyl/N-ethyl adjacent to an activating group) is 2. The number of carbonyl (C=O) groups excluding carboxylic acids is 1. The lowest BCUT2D eigenvalue weighted by molar-refractivity contribution is -0.300. The Bertz CT molecular complexity index is 1070. The van der Waals surface area contributed by atoms with Crippen LogP contribution >= 0.6 is 0 Å². The number of benzene rings is 1. The van der Waals surface area contributed by atoms with Crippen LogP contribution in [-0.2, 0) is 23.7 Å². The average Bonchev–Trinajstić information content (AvgIpc) is 2.89. The van der Waals surface area contributed by atoms with Crippen LogP contribution in [0.4, 0.5) is 0 Å². The van der Waals surface area contributed by atoms with Crippen LogP contribution < -0.4 is 0 Å². The summed E-state index contributed by atoms with van der Waals surface area (Å²) in [5, 5.41) is 10.5. The fourth-order valence-corrected chi connectivity index (χ4v) is 5.08. The van der Waals surface area contributed by atoms with E-state index in [0.717, 1.165) is 0 Å². The molecule has 0 bridgehead atoms. The molecule has 0 spiro atoms. The molecule has 1 aromatic heterocycles. The minimum atomic E-state index is -0.574. The van der Waals surface area contributed by atoms with Crippen molar-refractivity contribution in [3.8, 4) is 0 Å². The Morgan fingerprint density at radius 3 is 2.34 bits per heavy atom. The van der Waals surface area contributed by atoms with Gasteiger partial charge in [-0.25, -0.2) is 9.78 Å². The number of aliphatic hydroxyl groups is 1. The summed E-state index contributed by atoms with van der Waals surface area (Å²) in [6.45, 7) is 4.07. The fraction of sp³-hybridized carbons (Fsp3) is 0.667. The van der Waals surface area contributed by atoms with E-state index in [-0.39, 0.29) is 49.3 Å². The second kappa shape index (κ2) is 12.7. The van der Waals surface area contributed by atoms with Gasteiger partial charge >= 0.3 is 5.97 Å². The lowest BCUT2D eigenvalue weighted by atomic mass is 9.96. The Hall–Kier alpha value is -2.25. The highest BCUT2D eigenvalue weighted by molar-refractivity contribution is 5.89. The maximum absolute atomic E-state index is 12.4. The van der Waals surface area contributed by atoms with Crippen molar-refractivity contribution in [2.24, 2.45) is 0 Å². The minimum Gasteiger partial charge on any atom is -0.458 e. The van der Waals surface area contributed by atoms with E-state index in [2.05, 4.69) is 14.9 Å². The van der Waals surface area contributed by atoms with Crippen molar-refractivity contribution in [1.29, 1.82) is 0 Å². The number of esters is 1. The smallest absolute Gasteiger partial charge is 0.358 e. The van der Waals surface area contributed by atoms with Gasteiger partial charge in [-0.3, -0.25) is 4.98 Å². The molecule has 1 N–H and O–H groups in total. The Balaban J connectivity index is 1.27. The van der Waals surface area contributed by atoms with Crippen molar-refractivity contribution >= 4 is 17.0 Å². The maximum atomic E-state index is 12.4. The Labute approximate surface area is 224 Å². The molecule has 0 aliphatic carbocycles. The van der Waals surface area contributed by atoms with Crippen LogP contribution in [0.2, 0.25) is 0 Å². The van der Waals surface area contributed by atoms with Gasteiger partial charge in [0.25, 0.3) is 0 Å². The molecule has 2 aromatic rings. The Morgan fingerprint density at radius 2 is 1.63 bits per heavy atom. The second-order valence-corrected chi connectivity index (χ2v) is 10.4. The van der Waals surface area contributed by atoms with Gasteiger partial charge in [-0.2, -0.15) is 0 Å². The van der Waals surface area contributed by atoms with E-state index < -0.39 is 24.7 Å². The third-order valence-corrected chi connectivity index (χ3v) is 7.23. The summed E-state index contributed by atoms with van der Waals surface area (Å²) in [5.41, 5.74) is 1.51. The van der Waals surface area contributed by atoms with Gasteiger partial charge in [0, 0.05) is 24.9 Å². The number of nitrogens with zero attached hydrogens (tertiary/aromatic N) is 4. The first-order valence-corrected chi connectivity index (χ1v) is 13.1. The predicted molar refractivity (Wildman–Crippen MR) is 140 cm³/mol. The van der Waals surface area contributed by atoms with Crippen LogP contribution in [0.1, 0.15) is 37.2 Å². The van der Waals surface area contributed by atoms with Crippen LogP contribution in [0.3, 0.4) is 0 Å². The maximum Gasteiger partial charge on any atom is 0.358 e. The largest absolute Gasteiger partial charge is 0.458 e. The summed E-state index contributed by atoms with van der Waals surface area (Å²) in [4.78, 5) is 25.1. The third-order valence-electron chi connectivity index (χ3n) is 7.23. The summed E-state index contributed by atoms with van der Waals surface area (Å²) >= 11 is 0. The van der Waals surface area contributed by atoms with Crippen molar-refractivity contribution in [1.82, 2.24) is 19.8 Å². The number of para-hydroxylation sites is 2. The molecule has 0 amide bonds. The van der Waals surface area contributed by atoms with Crippen molar-refractivity contribution < 1.29 is 33.6 Å². The Morgan fingerprint density at radius 1 is 0.974 bits per heavy atom. The van der Waals surface area contributed by atoms with E-state index in [9.17, 15) is 9.90 Å². The molecule has 2 fully saturated rings. The highest BCUT2D eigenvalue weighted by Crippen LogP contribution is 2.31. The van der Waals surface area contributed by atoms with Gasteiger partial charge in [0.15, 0.2) is 18.3 Å². The number of fused-ring (bicyclic) bond motifs is 1. The molecule has 0 radical (unpaired) electrons. The summed E-state index contributed by atoms with van der Waals surface area (Å²) in [6, 6.07) is 7.30. The minimum absolute atomic E-state index is 0.0164. The molecule has 4 rings (SSSR count). The van der Waals surface area contributed by atoms with Crippen molar-refractivity contribution in [3.63, 3.8) is 0 Å². The molecular weight excluding hydrogens is 492 g/mol. The SMILES string of the molecule is C[C@H]1O[C@H](O[C@H]2[C@H](N(C)C)C[C@@H](OCCOC(=O)c3cnc4ccccc4n3)O[C@@H]2C)C[C@@H](N(C)C)[C@@H]1O. The van der Waals surface area contributed by atoms with Crippen LogP contribution in [0.5, 0.6) is 0 Å². The summed E-state index contributed by atoms with van der Waals surface area (Å²) in [7, 11) is 7.90. The molecule has 3 heterocycles. The number of carbonyl (C=O) groups is 1. The van der Waals surface area contributed by atoms with Crippen molar-refractivity contribution in [2.75, 3.05) is 41.4 Å². The van der Waals surface area contributed by atoms with E-state index in [1.54, 1.807) is 6.07 Å². The molecule has 2 saturated heterocycles. The zero-order valence-corrected chi connectivity index (χ0v) is 23.0. The molecule has 8 atom stereocenters. The van der Waals surface area contributed by atoms with Crippen molar-refractivity contribution in [2.45, 2.75) is 75.8 Å². The summed E-state index contributed by atoms with van der Waals surface area (Å²) in [6.07, 6.45) is 0.214. The molecule has 1 aromatic carbocycles. The zero-order chi connectivity index (χ0) is 27.4. The molecule has 38 heavy (non-hydrogen) atoms. The Kier molecular flexibility index (Phi) is 9.64. The number of hydrogen-bond acceptors (Lipinski definition) is 11. The highest BCUT2D eigenvalue weighted by Gasteiger charge is 2.43. The first kappa shape index (κ1) is 28.8. The number of aromatic nitrogens is 2. The number of ether oxygens (including phenoxy) is 5. The van der Waals surface area contributed by atoms with E-state index in [1.807, 2.05) is 65.1 Å². The van der Waals surface area contributed by atoms with Gasteiger partial charge in [-0.1, -0.05) is 12.1 Å². The van der Waals surface area contributed by atoms with E-state index >= 15 is 0 Å². The highest BCUT2D eigenvalue weighted by atomic mass is 16.7. The quantitative estimate of drug-likeness (QED) is 0.376. The van der Waals surface area contributed by atoms with Crippen LogP contribution in [-0.4, -0.2) is 121 Å². The standard InChI is InChI=1S/C27H40N4O7/c1-16-25(32)21(30(3)4)13-24(36-16)38-26-17(2)37-23(14-22(26)31(5)6)34-11-12-35-27(33)20-15-28-18-9-7-8-10-19(18)29-20/h7-10,15-17,21-26,32H,11-14H2,1-6H3/t16-,17-,21-,22-,23+,24-,25-,26-/m1/s1. The average molecular weight is 533 g/mol. The number of aliphatic hydroxyl groups excluding tert-OH is 1. The van der Waals surface area contributed by atoms with Gasteiger partial charge in [0.05, 0.1) is 42.1 Å². The molecule has 0 unspecified atom stereocenters. The summed E-state index contributed by atoms with van der Waals surface area (Å²) in [5.74, 6) is -0.549. The van der Waals surface area contributed by atoms with Crippen LogP contribution in [0.25, 0.3) is 11.0 Å². The monoisotopic (exact) mass is 532 g/mol. The first-order chi connectivity index (χ1) is 18.1. The summed E-state index contributed by atoms with van der Waals surface area (Å²) < 4.78 is 29.8. The molecule has 210 valence electrons. The fourth-order valence-electron chi connectivity index (χ4n) is 5.08. The molecule has 2 aliphatic rings. The van der Waals surface area contributed by atoms with E-state index in [1.165, 1.54) is 6.20 Å². The lowest BCUT2D eigenvalue weighted by Gasteiger charge is -2.46. The van der Waals surface area contributed by atoms with Crippen molar-refractivity contribution in [3.05, 3.63) is 36.2 Å². The van der Waals surface area contributed by atoms with Gasteiger partial charge < -0.3 is 38.6 Å². The topological polar surface area (TPSA) is 116 Å². The molecular formula is C27H40N4O7. The normalized spacial score (nSPS) is 32.1. The molecule has 0 saturated carbocycles. The van der Waals surface area contributed by atoms with Crippen LogP contribution in [0, 0.1) is 0 Å². The van der Waals surface area contributed by atoms with Gasteiger partial charge in [0.1, 0.15) is 12.7 Å². The van der Waals surface area contributed by atoms with Gasteiger partial charge in [0.2, 0.25) is 0 Å². The molecule has 11 heteroatoms. The van der Waals surface area contributed by atoms with Crippen LogP contribution in [0.15, 0.2) is 30.5 Å². The van der Waals surface area contributed by atoms with Gasteiger partial charge in [-0.15, -0.1) is 0 Å². The number of hydrogen-bond donors (Lipinski definition) is 1. The lowest BCUT2D eigenvalue weighted by Crippen LogP contribution is -2.58. The molecule has 2 aliphatic heterocycles. The van der Waals surface area contributed by atoms with E-state index in [4.69, 9.17) is 23.7 Å². The molecule has 11 nitrogen and oxygen atoms in total. The zero-order valence-electron chi connectivity index (χ0n) is 23.0. The number of rotatable bonds is 9. The van der Waals surface area contributed by atoms with Gasteiger partial charge in [-0.05, 0) is 54.2 Å². The second-order valence-electron chi connectivity index (χ2n) is 10.4. The van der Waals surface area contributed by atoms with E-state index in [0.29, 0.717) is 23.9 Å².